The summed E-state index contributed by atoms with van der Waals surface area (Å²) in [5.74, 6) is -1.72. The molecule has 0 spiro atoms. The Morgan fingerprint density at radius 1 is 1.09 bits per heavy atom. The molecule has 0 radical (unpaired) electrons. The van der Waals surface area contributed by atoms with E-state index in [9.17, 15) is 14.7 Å². The smallest absolute Gasteiger partial charge is 0.217 e. The molecule has 2 aliphatic heterocycles. The largest absolute Gasteiger partial charge is 0.547 e. The molecular formula is C25H28NO8-. The number of fused-ring (bicyclic) bond motifs is 1. The number of nitrogens with one attached hydrogen (secondary N) is 1. The van der Waals surface area contributed by atoms with Crippen LogP contribution in [0.15, 0.2) is 60.7 Å². The Bertz CT molecular complexity index is 956. The van der Waals surface area contributed by atoms with Gasteiger partial charge in [-0.3, -0.25) is 4.79 Å². The van der Waals surface area contributed by atoms with Gasteiger partial charge in [-0.05, 0) is 12.5 Å². The second kappa shape index (κ2) is 11.1. The lowest BCUT2D eigenvalue weighted by Gasteiger charge is -2.49. The lowest BCUT2D eigenvalue weighted by Crippen LogP contribution is -2.68. The van der Waals surface area contributed by atoms with Crippen LogP contribution in [0, 0.1) is 0 Å². The molecule has 2 fully saturated rings. The molecule has 0 bridgehead atoms. The Morgan fingerprint density at radius 3 is 2.41 bits per heavy atom. The Balaban J connectivity index is 1.59. The summed E-state index contributed by atoms with van der Waals surface area (Å²) in [6, 6.07) is 18.0. The Morgan fingerprint density at radius 2 is 1.76 bits per heavy atom. The van der Waals surface area contributed by atoms with Crippen molar-refractivity contribution >= 4 is 11.9 Å². The first-order chi connectivity index (χ1) is 16.4. The average Bonchev–Trinajstić information content (AvgIpc) is 2.84. The van der Waals surface area contributed by atoms with Gasteiger partial charge in [-0.25, -0.2) is 0 Å². The van der Waals surface area contributed by atoms with Crippen molar-refractivity contribution in [3.63, 3.8) is 0 Å². The van der Waals surface area contributed by atoms with Crippen LogP contribution >= 0.6 is 0 Å². The van der Waals surface area contributed by atoms with Crippen molar-refractivity contribution in [2.45, 2.75) is 63.5 Å². The van der Waals surface area contributed by atoms with Crippen molar-refractivity contribution in [1.82, 2.24) is 5.32 Å². The van der Waals surface area contributed by atoms with Gasteiger partial charge in [0.05, 0.1) is 25.3 Å². The lowest BCUT2D eigenvalue weighted by atomic mass is 9.95. The van der Waals surface area contributed by atoms with Crippen LogP contribution in [0.2, 0.25) is 0 Å². The monoisotopic (exact) mass is 470 g/mol. The standard InChI is InChI=1S/C25H29NO8/c1-15(23(28)29)32-22-20(26-16(2)27)25(30-13-17-9-5-3-6-10-17)33-19-14-31-24(34-21(19)22)18-11-7-4-8-12-18/h3-12,15,19-22,24-25H,13-14H2,1-2H3,(H,26,27)(H,28,29)/p-1/t15-,19-,20-,21+,22-,24-,25+/m1/s1. The van der Waals surface area contributed by atoms with Crippen molar-refractivity contribution < 1.29 is 38.4 Å². The maximum Gasteiger partial charge on any atom is 0.217 e. The minimum Gasteiger partial charge on any atom is -0.547 e. The van der Waals surface area contributed by atoms with Crippen molar-refractivity contribution in [3.05, 3.63) is 71.8 Å². The number of aliphatic carboxylic acids is 1. The third-order valence-corrected chi connectivity index (χ3v) is 5.73. The molecule has 0 saturated carbocycles. The summed E-state index contributed by atoms with van der Waals surface area (Å²) in [6.45, 7) is 3.12. The van der Waals surface area contributed by atoms with Crippen molar-refractivity contribution in [3.8, 4) is 0 Å². The highest BCUT2D eigenvalue weighted by atomic mass is 16.8. The Kier molecular flexibility index (Phi) is 7.91. The van der Waals surface area contributed by atoms with E-state index in [2.05, 4.69) is 5.32 Å². The van der Waals surface area contributed by atoms with E-state index >= 15 is 0 Å². The average molecular weight is 470 g/mol. The van der Waals surface area contributed by atoms with Crippen LogP contribution in [0.3, 0.4) is 0 Å². The molecular weight excluding hydrogens is 442 g/mol. The van der Waals surface area contributed by atoms with E-state index in [4.69, 9.17) is 23.7 Å². The van der Waals surface area contributed by atoms with Gasteiger partial charge in [-0.2, -0.15) is 0 Å². The van der Waals surface area contributed by atoms with Crippen molar-refractivity contribution in [1.29, 1.82) is 0 Å². The summed E-state index contributed by atoms with van der Waals surface area (Å²) in [6.07, 6.45) is -5.11. The predicted octanol–water partition coefficient (Wildman–Crippen LogP) is 1.07. The SMILES string of the molecule is CC(=O)N[C@H]1[C@@H](OCc2ccccc2)O[C@@H]2CO[C@@H](c3ccccc3)O[C@@H]2[C@@H]1O[C@H](C)C(=O)[O-]. The van der Waals surface area contributed by atoms with Gasteiger partial charge >= 0.3 is 0 Å². The molecule has 4 rings (SSSR count). The molecule has 9 heteroatoms. The molecule has 182 valence electrons. The summed E-state index contributed by atoms with van der Waals surface area (Å²) in [4.78, 5) is 23.6. The fraction of sp³-hybridized carbons (Fsp3) is 0.440. The van der Waals surface area contributed by atoms with Crippen LogP contribution in [-0.2, 0) is 39.9 Å². The second-order valence-electron chi connectivity index (χ2n) is 8.30. The second-order valence-corrected chi connectivity index (χ2v) is 8.30. The van der Waals surface area contributed by atoms with Crippen molar-refractivity contribution in [2.75, 3.05) is 6.61 Å². The van der Waals surface area contributed by atoms with E-state index in [-0.39, 0.29) is 19.1 Å². The number of carbonyl (C=O) groups is 2. The first kappa shape index (κ1) is 24.3. The van der Waals surface area contributed by atoms with E-state index in [1.807, 2.05) is 60.7 Å². The van der Waals surface area contributed by atoms with Gasteiger partial charge in [-0.15, -0.1) is 0 Å². The summed E-state index contributed by atoms with van der Waals surface area (Å²) < 4.78 is 30.1. The summed E-state index contributed by atoms with van der Waals surface area (Å²) in [5, 5.41) is 14.3. The number of ether oxygens (including phenoxy) is 5. The number of amides is 1. The van der Waals surface area contributed by atoms with E-state index in [1.165, 1.54) is 13.8 Å². The summed E-state index contributed by atoms with van der Waals surface area (Å²) in [7, 11) is 0. The van der Waals surface area contributed by atoms with Crippen molar-refractivity contribution in [2.24, 2.45) is 0 Å². The molecule has 2 saturated heterocycles. The highest BCUT2D eigenvalue weighted by Crippen LogP contribution is 2.36. The number of carboxylic acids is 1. The normalized spacial score (nSPS) is 29.6. The van der Waals surface area contributed by atoms with Crippen LogP contribution in [0.4, 0.5) is 0 Å². The Labute approximate surface area is 197 Å². The van der Waals surface area contributed by atoms with E-state index in [0.717, 1.165) is 11.1 Å². The fourth-order valence-electron chi connectivity index (χ4n) is 4.09. The molecule has 2 aromatic rings. The molecule has 0 aromatic heterocycles. The first-order valence-corrected chi connectivity index (χ1v) is 11.2. The van der Waals surface area contributed by atoms with E-state index in [1.54, 1.807) is 0 Å². The molecule has 34 heavy (non-hydrogen) atoms. The molecule has 0 unspecified atom stereocenters. The quantitative estimate of drug-likeness (QED) is 0.609. The van der Waals surface area contributed by atoms with Crippen LogP contribution < -0.4 is 10.4 Å². The molecule has 7 atom stereocenters. The van der Waals surface area contributed by atoms with E-state index in [0.29, 0.717) is 0 Å². The highest BCUT2D eigenvalue weighted by molar-refractivity contribution is 5.73. The zero-order valence-electron chi connectivity index (χ0n) is 19.0. The minimum atomic E-state index is -1.38. The fourth-order valence-corrected chi connectivity index (χ4v) is 4.09. The molecule has 2 aliphatic rings. The van der Waals surface area contributed by atoms with E-state index < -0.39 is 49.0 Å². The number of carboxylic acid groups (broad SMARTS) is 1. The maximum absolute atomic E-state index is 12.1. The summed E-state index contributed by atoms with van der Waals surface area (Å²) in [5.41, 5.74) is 1.71. The minimum absolute atomic E-state index is 0.168. The number of carbonyl (C=O) groups excluding carboxylic acids is 2. The first-order valence-electron chi connectivity index (χ1n) is 11.2. The number of rotatable bonds is 8. The lowest BCUT2D eigenvalue weighted by molar-refractivity contribution is -0.358. The van der Waals surface area contributed by atoms with Gasteiger partial charge in [0.25, 0.3) is 0 Å². The van der Waals surface area contributed by atoms with Crippen LogP contribution in [0.25, 0.3) is 0 Å². The third kappa shape index (κ3) is 5.81. The topological polar surface area (TPSA) is 115 Å². The van der Waals surface area contributed by atoms with Gasteiger partial charge in [0.1, 0.15) is 24.4 Å². The van der Waals surface area contributed by atoms with Gasteiger partial charge in [0, 0.05) is 12.5 Å². The molecule has 9 nitrogen and oxygen atoms in total. The molecule has 0 aliphatic carbocycles. The van der Waals surface area contributed by atoms with Gasteiger partial charge in [0.15, 0.2) is 12.6 Å². The zero-order valence-corrected chi connectivity index (χ0v) is 19.0. The van der Waals surface area contributed by atoms with Gasteiger partial charge in [0.2, 0.25) is 5.91 Å². The number of hydrogen-bond donors (Lipinski definition) is 1. The molecule has 1 N–H and O–H groups in total. The molecule has 2 aromatic carbocycles. The Hall–Kier alpha value is -2.82. The molecule has 2 heterocycles. The van der Waals surface area contributed by atoms with Crippen LogP contribution in [-0.4, -0.2) is 55.2 Å². The zero-order chi connectivity index (χ0) is 24.1. The number of hydrogen-bond acceptors (Lipinski definition) is 8. The van der Waals surface area contributed by atoms with Gasteiger partial charge < -0.3 is 38.9 Å². The number of benzene rings is 2. The predicted molar refractivity (Wildman–Crippen MR) is 117 cm³/mol. The highest BCUT2D eigenvalue weighted by Gasteiger charge is 2.52. The molecule has 1 amide bonds. The maximum atomic E-state index is 12.1. The third-order valence-electron chi connectivity index (χ3n) is 5.73. The van der Waals surface area contributed by atoms with Crippen LogP contribution in [0.5, 0.6) is 0 Å². The summed E-state index contributed by atoms with van der Waals surface area (Å²) >= 11 is 0. The van der Waals surface area contributed by atoms with Crippen LogP contribution in [0.1, 0.15) is 31.3 Å². The van der Waals surface area contributed by atoms with Gasteiger partial charge in [-0.1, -0.05) is 60.7 Å².